The average molecular weight is 343 g/mol. The summed E-state index contributed by atoms with van der Waals surface area (Å²) >= 11 is 1.59. The van der Waals surface area contributed by atoms with Crippen molar-refractivity contribution in [3.8, 4) is 0 Å². The molecule has 1 aliphatic carbocycles. The van der Waals surface area contributed by atoms with Crippen LogP contribution in [0.15, 0.2) is 47.4 Å². The highest BCUT2D eigenvalue weighted by atomic mass is 32.2. The predicted molar refractivity (Wildman–Crippen MR) is 96.8 cm³/mol. The van der Waals surface area contributed by atoms with Crippen LogP contribution in [0.2, 0.25) is 0 Å². The molecule has 0 aromatic heterocycles. The van der Waals surface area contributed by atoms with Gasteiger partial charge in [0.2, 0.25) is 5.91 Å². The van der Waals surface area contributed by atoms with Crippen LogP contribution in [0.4, 0.5) is 4.39 Å². The summed E-state index contributed by atoms with van der Waals surface area (Å²) in [6.07, 6.45) is 3.57. The van der Waals surface area contributed by atoms with Gasteiger partial charge in [-0.25, -0.2) is 4.39 Å². The van der Waals surface area contributed by atoms with Crippen LogP contribution in [0.25, 0.3) is 0 Å². The van der Waals surface area contributed by atoms with Gasteiger partial charge >= 0.3 is 0 Å². The van der Waals surface area contributed by atoms with E-state index in [4.69, 9.17) is 0 Å². The summed E-state index contributed by atoms with van der Waals surface area (Å²) in [6, 6.07) is 12.8. The van der Waals surface area contributed by atoms with E-state index in [1.807, 2.05) is 6.92 Å². The van der Waals surface area contributed by atoms with Gasteiger partial charge in [-0.15, -0.1) is 11.8 Å². The molecule has 0 fully saturated rings. The minimum atomic E-state index is -0.257. The first kappa shape index (κ1) is 17.0. The highest BCUT2D eigenvalue weighted by molar-refractivity contribution is 8.00. The molecule has 1 unspecified atom stereocenters. The molecule has 1 atom stereocenters. The normalized spacial score (nSPS) is 14.3. The molecule has 0 saturated heterocycles. The number of hydrogen-bond acceptors (Lipinski definition) is 2. The van der Waals surface area contributed by atoms with Crippen LogP contribution in [0.5, 0.6) is 0 Å². The Morgan fingerprint density at radius 3 is 2.62 bits per heavy atom. The number of fused-ring (bicyclic) bond motifs is 1. The third-order valence-electron chi connectivity index (χ3n) is 4.76. The first-order valence-corrected chi connectivity index (χ1v) is 9.29. The highest BCUT2D eigenvalue weighted by Crippen LogP contribution is 2.28. The van der Waals surface area contributed by atoms with Crippen molar-refractivity contribution in [3.05, 3.63) is 65.0 Å². The maximum absolute atomic E-state index is 13.0. The van der Waals surface area contributed by atoms with E-state index in [0.29, 0.717) is 5.75 Å². The zero-order valence-corrected chi connectivity index (χ0v) is 14.9. The molecule has 3 rings (SSSR count). The van der Waals surface area contributed by atoms with E-state index in [2.05, 4.69) is 18.2 Å². The molecule has 4 heteroatoms. The van der Waals surface area contributed by atoms with Crippen molar-refractivity contribution in [2.24, 2.45) is 0 Å². The van der Waals surface area contributed by atoms with Crippen molar-refractivity contribution in [3.63, 3.8) is 0 Å². The second-order valence-electron chi connectivity index (χ2n) is 6.30. The Bertz CT molecular complexity index is 729. The molecule has 1 amide bonds. The summed E-state index contributed by atoms with van der Waals surface area (Å²) in [5.74, 6) is 0.241. The number of halogens is 1. The van der Waals surface area contributed by atoms with Crippen LogP contribution in [-0.4, -0.2) is 23.6 Å². The van der Waals surface area contributed by atoms with Crippen molar-refractivity contribution in [1.82, 2.24) is 4.90 Å². The molecule has 1 aliphatic rings. The zero-order valence-electron chi connectivity index (χ0n) is 14.1. The van der Waals surface area contributed by atoms with E-state index >= 15 is 0 Å². The van der Waals surface area contributed by atoms with Gasteiger partial charge in [0, 0.05) is 11.9 Å². The van der Waals surface area contributed by atoms with E-state index in [1.54, 1.807) is 35.8 Å². The summed E-state index contributed by atoms with van der Waals surface area (Å²) in [5.41, 5.74) is 3.82. The molecule has 0 radical (unpaired) electrons. The fraction of sp³-hybridized carbons (Fsp3) is 0.350. The number of hydrogen-bond donors (Lipinski definition) is 0. The molecule has 0 bridgehead atoms. The lowest BCUT2D eigenvalue weighted by atomic mass is 10.1. The monoisotopic (exact) mass is 343 g/mol. The van der Waals surface area contributed by atoms with Crippen LogP contribution in [0, 0.1) is 5.82 Å². The number of amides is 1. The molecule has 126 valence electrons. The summed E-state index contributed by atoms with van der Waals surface area (Å²) in [7, 11) is 1.81. The zero-order chi connectivity index (χ0) is 17.1. The maximum atomic E-state index is 13.0. The first-order chi connectivity index (χ1) is 11.5. The largest absolute Gasteiger partial charge is 0.338 e. The van der Waals surface area contributed by atoms with E-state index in [9.17, 15) is 9.18 Å². The molecule has 0 aliphatic heterocycles. The van der Waals surface area contributed by atoms with E-state index in [0.717, 1.165) is 16.9 Å². The number of carbonyl (C=O) groups is 1. The third-order valence-corrected chi connectivity index (χ3v) is 5.74. The lowest BCUT2D eigenvalue weighted by Gasteiger charge is -2.25. The summed E-state index contributed by atoms with van der Waals surface area (Å²) in [6.45, 7) is 1.96. The van der Waals surface area contributed by atoms with Gasteiger partial charge in [0.1, 0.15) is 5.82 Å². The Balaban J connectivity index is 1.58. The van der Waals surface area contributed by atoms with Crippen LogP contribution in [0.1, 0.15) is 36.1 Å². The Hall–Kier alpha value is -1.81. The van der Waals surface area contributed by atoms with Crippen molar-refractivity contribution in [2.45, 2.75) is 37.1 Å². The lowest BCUT2D eigenvalue weighted by molar-refractivity contribution is -0.128. The molecule has 0 heterocycles. The molecule has 2 nitrogen and oxygen atoms in total. The Morgan fingerprint density at radius 1 is 1.17 bits per heavy atom. The lowest BCUT2D eigenvalue weighted by Crippen LogP contribution is -2.31. The number of thioether (sulfide) groups is 1. The van der Waals surface area contributed by atoms with Gasteiger partial charge < -0.3 is 4.90 Å². The van der Waals surface area contributed by atoms with Crippen molar-refractivity contribution in [2.75, 3.05) is 12.8 Å². The van der Waals surface area contributed by atoms with Crippen molar-refractivity contribution < 1.29 is 9.18 Å². The van der Waals surface area contributed by atoms with Gasteiger partial charge in [0.15, 0.2) is 0 Å². The predicted octanol–water partition coefficient (Wildman–Crippen LogP) is 4.63. The van der Waals surface area contributed by atoms with E-state index in [1.165, 1.54) is 36.1 Å². The quantitative estimate of drug-likeness (QED) is 0.738. The number of carbonyl (C=O) groups excluding carboxylic acids is 1. The fourth-order valence-corrected chi connectivity index (χ4v) is 3.95. The first-order valence-electron chi connectivity index (χ1n) is 8.30. The number of nitrogens with zero attached hydrogens (tertiary/aromatic N) is 1. The number of aryl methyl sites for hydroxylation is 2. The number of benzene rings is 2. The molecule has 2 aromatic rings. The molecule has 24 heavy (non-hydrogen) atoms. The molecule has 2 aromatic carbocycles. The van der Waals surface area contributed by atoms with Gasteiger partial charge in [-0.2, -0.15) is 0 Å². The Morgan fingerprint density at radius 2 is 1.88 bits per heavy atom. The number of rotatable bonds is 5. The smallest absolute Gasteiger partial charge is 0.233 e. The minimum Gasteiger partial charge on any atom is -0.338 e. The van der Waals surface area contributed by atoms with Crippen LogP contribution in [0.3, 0.4) is 0 Å². The standard InChI is InChI=1S/C20H22FNOS/c1-14(15-6-9-18(21)10-7-15)22(2)20(23)13-24-19-11-8-16-4-3-5-17(16)12-19/h6-12,14H,3-5,13H2,1-2H3. The summed E-state index contributed by atoms with van der Waals surface area (Å²) in [5, 5.41) is 0. The molecular formula is C20H22FNOS. The second-order valence-corrected chi connectivity index (χ2v) is 7.35. The maximum Gasteiger partial charge on any atom is 0.233 e. The SMILES string of the molecule is CC(c1ccc(F)cc1)N(C)C(=O)CSc1ccc2c(c1)CCC2. The van der Waals surface area contributed by atoms with Gasteiger partial charge in [-0.1, -0.05) is 18.2 Å². The second kappa shape index (κ2) is 7.39. The fourth-order valence-electron chi connectivity index (χ4n) is 3.07. The van der Waals surface area contributed by atoms with E-state index < -0.39 is 0 Å². The van der Waals surface area contributed by atoms with Crippen LogP contribution < -0.4 is 0 Å². The van der Waals surface area contributed by atoms with Crippen molar-refractivity contribution >= 4 is 17.7 Å². The van der Waals surface area contributed by atoms with Crippen LogP contribution in [-0.2, 0) is 17.6 Å². The topological polar surface area (TPSA) is 20.3 Å². The van der Waals surface area contributed by atoms with Gasteiger partial charge in [0.25, 0.3) is 0 Å². The van der Waals surface area contributed by atoms with E-state index in [-0.39, 0.29) is 17.8 Å². The summed E-state index contributed by atoms with van der Waals surface area (Å²) < 4.78 is 13.0. The van der Waals surface area contributed by atoms with Crippen molar-refractivity contribution in [1.29, 1.82) is 0 Å². The van der Waals surface area contributed by atoms with Gasteiger partial charge in [0.05, 0.1) is 11.8 Å². The van der Waals surface area contributed by atoms with Gasteiger partial charge in [-0.3, -0.25) is 4.79 Å². The minimum absolute atomic E-state index is 0.0706. The molecule has 0 N–H and O–H groups in total. The molecule has 0 saturated carbocycles. The average Bonchev–Trinajstić information content (AvgIpc) is 3.06. The summed E-state index contributed by atoms with van der Waals surface area (Å²) in [4.78, 5) is 15.4. The highest BCUT2D eigenvalue weighted by Gasteiger charge is 2.18. The molecular weight excluding hydrogens is 321 g/mol. The Labute approximate surface area is 147 Å². The third kappa shape index (κ3) is 3.81. The Kier molecular flexibility index (Phi) is 5.24. The van der Waals surface area contributed by atoms with Crippen LogP contribution >= 0.6 is 11.8 Å². The molecule has 0 spiro atoms. The van der Waals surface area contributed by atoms with Gasteiger partial charge in [-0.05, 0) is 67.1 Å².